The number of rotatable bonds is 2. The number of hydrogen-bond donors (Lipinski definition) is 3. The lowest BCUT2D eigenvalue weighted by Gasteiger charge is -2.09. The summed E-state index contributed by atoms with van der Waals surface area (Å²) in [5.41, 5.74) is 5.74. The molecule has 0 aliphatic carbocycles. The summed E-state index contributed by atoms with van der Waals surface area (Å²) >= 11 is 0. The van der Waals surface area contributed by atoms with Gasteiger partial charge in [-0.25, -0.2) is 0 Å². The summed E-state index contributed by atoms with van der Waals surface area (Å²) in [6, 6.07) is 2.51. The van der Waals surface area contributed by atoms with Crippen LogP contribution in [-0.4, -0.2) is 10.1 Å². The third-order valence-electron chi connectivity index (χ3n) is 1.87. The molecule has 0 fully saturated rings. The van der Waals surface area contributed by atoms with E-state index in [1.807, 2.05) is 6.07 Å². The molecule has 0 spiro atoms. The van der Waals surface area contributed by atoms with Crippen molar-refractivity contribution in [1.82, 2.24) is 4.98 Å². The molecule has 0 saturated heterocycles. The van der Waals surface area contributed by atoms with Crippen LogP contribution < -0.4 is 11.3 Å². The monoisotopic (exact) mass is 193 g/mol. The number of nitrogens with two attached hydrogens (primary N) is 1. The van der Waals surface area contributed by atoms with Crippen molar-refractivity contribution in [1.29, 1.82) is 5.26 Å². The van der Waals surface area contributed by atoms with E-state index in [1.54, 1.807) is 6.92 Å². The number of nitrogens with zero attached hydrogens (tertiary/aromatic N) is 1. The number of H-pyrrole nitrogens is 1. The van der Waals surface area contributed by atoms with E-state index in [2.05, 4.69) is 4.98 Å². The molecule has 1 atom stereocenters. The first-order chi connectivity index (χ1) is 6.56. The minimum absolute atomic E-state index is 0.000297. The first kappa shape index (κ1) is 10.3. The van der Waals surface area contributed by atoms with E-state index in [0.29, 0.717) is 5.69 Å². The smallest absolute Gasteiger partial charge is 0.256 e. The van der Waals surface area contributed by atoms with E-state index < -0.39 is 11.6 Å². The fourth-order valence-electron chi connectivity index (χ4n) is 1.24. The van der Waals surface area contributed by atoms with Crippen molar-refractivity contribution < 1.29 is 5.11 Å². The quantitative estimate of drug-likeness (QED) is 0.628. The van der Waals surface area contributed by atoms with Crippen LogP contribution in [0.3, 0.4) is 0 Å². The second-order valence-corrected chi connectivity index (χ2v) is 3.05. The van der Waals surface area contributed by atoms with Gasteiger partial charge in [0.05, 0.1) is 24.1 Å². The molecule has 4 N–H and O–H groups in total. The van der Waals surface area contributed by atoms with Gasteiger partial charge in [0, 0.05) is 5.69 Å². The predicted molar refractivity (Wildman–Crippen MR) is 50.6 cm³/mol. The minimum Gasteiger partial charge on any atom is -0.507 e. The van der Waals surface area contributed by atoms with Crippen molar-refractivity contribution in [2.75, 3.05) is 0 Å². The van der Waals surface area contributed by atoms with E-state index in [0.717, 1.165) is 0 Å². The molecule has 5 heteroatoms. The minimum atomic E-state index is -0.746. The Balaban J connectivity index is 3.22. The van der Waals surface area contributed by atoms with E-state index in [9.17, 15) is 9.90 Å². The third-order valence-corrected chi connectivity index (χ3v) is 1.87. The van der Waals surface area contributed by atoms with Crippen LogP contribution in [0.15, 0.2) is 10.9 Å². The van der Waals surface area contributed by atoms with Gasteiger partial charge in [-0.3, -0.25) is 4.79 Å². The van der Waals surface area contributed by atoms with Crippen LogP contribution in [0.2, 0.25) is 0 Å². The molecule has 0 unspecified atom stereocenters. The van der Waals surface area contributed by atoms with Crippen LogP contribution in [0.25, 0.3) is 0 Å². The Morgan fingerprint density at radius 1 is 1.79 bits per heavy atom. The fraction of sp³-hybridized carbons (Fsp3) is 0.333. The van der Waals surface area contributed by atoms with Crippen molar-refractivity contribution >= 4 is 0 Å². The van der Waals surface area contributed by atoms with Crippen molar-refractivity contribution in [3.63, 3.8) is 0 Å². The molecule has 0 radical (unpaired) electrons. The number of aromatic nitrogens is 1. The number of pyridine rings is 1. The number of aromatic amines is 1. The standard InChI is InChI=1S/C9H11N3O2/c1-5-4-7(13)8(9(14)12-5)6(11)2-3-10/h4,6H,2,11H2,1H3,(H2,12,13,14)/t6-/m1/s1. The average Bonchev–Trinajstić information content (AvgIpc) is 2.01. The Morgan fingerprint density at radius 2 is 2.43 bits per heavy atom. The summed E-state index contributed by atoms with van der Waals surface area (Å²) in [7, 11) is 0. The molecule has 0 aromatic carbocycles. The maximum absolute atomic E-state index is 11.4. The number of hydrogen-bond acceptors (Lipinski definition) is 4. The van der Waals surface area contributed by atoms with Gasteiger partial charge < -0.3 is 15.8 Å². The van der Waals surface area contributed by atoms with E-state index >= 15 is 0 Å². The maximum Gasteiger partial charge on any atom is 0.256 e. The molecule has 1 heterocycles. The normalized spacial score (nSPS) is 12.1. The van der Waals surface area contributed by atoms with Gasteiger partial charge in [-0.2, -0.15) is 5.26 Å². The molecule has 1 aromatic heterocycles. The molecule has 0 amide bonds. The highest BCUT2D eigenvalue weighted by Crippen LogP contribution is 2.20. The second-order valence-electron chi connectivity index (χ2n) is 3.05. The van der Waals surface area contributed by atoms with Crippen molar-refractivity contribution in [3.8, 4) is 11.8 Å². The molecule has 14 heavy (non-hydrogen) atoms. The summed E-state index contributed by atoms with van der Waals surface area (Å²) in [6.45, 7) is 1.65. The lowest BCUT2D eigenvalue weighted by atomic mass is 10.1. The van der Waals surface area contributed by atoms with Crippen LogP contribution in [0.5, 0.6) is 5.75 Å². The summed E-state index contributed by atoms with van der Waals surface area (Å²) < 4.78 is 0. The summed E-state index contributed by atoms with van der Waals surface area (Å²) in [5, 5.41) is 17.9. The molecular weight excluding hydrogens is 182 g/mol. The van der Waals surface area contributed by atoms with Gasteiger partial charge in [0.25, 0.3) is 5.56 Å². The average molecular weight is 193 g/mol. The summed E-state index contributed by atoms with van der Waals surface area (Å²) in [6.07, 6.45) is -0.000297. The van der Waals surface area contributed by atoms with Crippen LogP contribution >= 0.6 is 0 Å². The maximum atomic E-state index is 11.4. The van der Waals surface area contributed by atoms with Crippen molar-refractivity contribution in [2.24, 2.45) is 5.73 Å². The van der Waals surface area contributed by atoms with Crippen LogP contribution in [0.1, 0.15) is 23.7 Å². The topological polar surface area (TPSA) is 103 Å². The largest absolute Gasteiger partial charge is 0.507 e. The van der Waals surface area contributed by atoms with Gasteiger partial charge in [0.15, 0.2) is 0 Å². The van der Waals surface area contributed by atoms with Crippen LogP contribution in [0, 0.1) is 18.3 Å². The summed E-state index contributed by atoms with van der Waals surface area (Å²) in [4.78, 5) is 13.9. The molecular formula is C9H11N3O2. The first-order valence-corrected chi connectivity index (χ1v) is 4.11. The molecule has 0 bridgehead atoms. The van der Waals surface area contributed by atoms with Gasteiger partial charge in [0.2, 0.25) is 0 Å². The first-order valence-electron chi connectivity index (χ1n) is 4.11. The number of aryl methyl sites for hydroxylation is 1. The van der Waals surface area contributed by atoms with E-state index in [4.69, 9.17) is 11.0 Å². The van der Waals surface area contributed by atoms with Crippen LogP contribution in [-0.2, 0) is 0 Å². The Hall–Kier alpha value is -1.80. The molecule has 5 nitrogen and oxygen atoms in total. The van der Waals surface area contributed by atoms with E-state index in [1.165, 1.54) is 6.07 Å². The zero-order chi connectivity index (χ0) is 10.7. The van der Waals surface area contributed by atoms with Gasteiger partial charge in [-0.15, -0.1) is 0 Å². The number of nitrogens with one attached hydrogen (secondary N) is 1. The SMILES string of the molecule is Cc1cc(O)c([C@H](N)CC#N)c(=O)[nH]1. The van der Waals surface area contributed by atoms with Gasteiger partial charge >= 0.3 is 0 Å². The Bertz CT molecular complexity index is 431. The van der Waals surface area contributed by atoms with Crippen molar-refractivity contribution in [3.05, 3.63) is 27.7 Å². The number of nitriles is 1. The van der Waals surface area contributed by atoms with Gasteiger partial charge in [-0.05, 0) is 13.0 Å². The molecule has 0 saturated carbocycles. The molecule has 0 aliphatic rings. The Kier molecular flexibility index (Phi) is 2.89. The highest BCUT2D eigenvalue weighted by Gasteiger charge is 2.15. The van der Waals surface area contributed by atoms with Crippen molar-refractivity contribution in [2.45, 2.75) is 19.4 Å². The lowest BCUT2D eigenvalue weighted by molar-refractivity contribution is 0.458. The highest BCUT2D eigenvalue weighted by atomic mass is 16.3. The predicted octanol–water partition coefficient (Wildman–Crippen LogP) is 0.302. The van der Waals surface area contributed by atoms with Crippen LogP contribution in [0.4, 0.5) is 0 Å². The fourth-order valence-corrected chi connectivity index (χ4v) is 1.24. The second kappa shape index (κ2) is 3.94. The molecule has 1 aromatic rings. The van der Waals surface area contributed by atoms with Gasteiger partial charge in [0.1, 0.15) is 5.75 Å². The third kappa shape index (κ3) is 1.92. The number of aromatic hydroxyl groups is 1. The highest BCUT2D eigenvalue weighted by molar-refractivity contribution is 5.34. The summed E-state index contributed by atoms with van der Waals surface area (Å²) in [5.74, 6) is -0.158. The Morgan fingerprint density at radius 3 is 2.93 bits per heavy atom. The molecule has 0 aliphatic heterocycles. The lowest BCUT2D eigenvalue weighted by Crippen LogP contribution is -2.22. The molecule has 1 rings (SSSR count). The van der Waals surface area contributed by atoms with Gasteiger partial charge in [-0.1, -0.05) is 0 Å². The Labute approximate surface area is 80.8 Å². The molecule has 74 valence electrons. The zero-order valence-electron chi connectivity index (χ0n) is 7.74. The zero-order valence-corrected chi connectivity index (χ0v) is 7.74. The van der Waals surface area contributed by atoms with E-state index in [-0.39, 0.29) is 17.7 Å².